The van der Waals surface area contributed by atoms with Gasteiger partial charge in [0.2, 0.25) is 0 Å². The molecular weight excluding hydrogens is 236 g/mol. The summed E-state index contributed by atoms with van der Waals surface area (Å²) < 4.78 is 2.05. The van der Waals surface area contributed by atoms with Gasteiger partial charge in [-0.25, -0.2) is 4.98 Å². The van der Waals surface area contributed by atoms with Gasteiger partial charge in [0.1, 0.15) is 5.82 Å². The first-order valence-electron chi connectivity index (χ1n) is 7.85. The van der Waals surface area contributed by atoms with Crippen LogP contribution in [0.25, 0.3) is 0 Å². The van der Waals surface area contributed by atoms with E-state index in [0.29, 0.717) is 5.92 Å². The van der Waals surface area contributed by atoms with Gasteiger partial charge in [-0.3, -0.25) is 0 Å². The van der Waals surface area contributed by atoms with Crippen LogP contribution in [0.5, 0.6) is 0 Å². The van der Waals surface area contributed by atoms with Crippen LogP contribution in [0, 0.1) is 11.8 Å². The van der Waals surface area contributed by atoms with E-state index in [1.54, 1.807) is 0 Å². The number of nitrogens with zero attached hydrogens (tertiary/aromatic N) is 2. The molecule has 3 heteroatoms. The van der Waals surface area contributed by atoms with E-state index >= 15 is 0 Å². The third-order valence-electron chi connectivity index (χ3n) is 4.72. The monoisotopic (exact) mass is 264 g/mol. The summed E-state index contributed by atoms with van der Waals surface area (Å²) in [7, 11) is 2.02. The molecule has 1 aliphatic rings. The van der Waals surface area contributed by atoms with Gasteiger partial charge in [-0.15, -0.1) is 0 Å². The SMILES string of the molecule is CCCC1CCC(C(O)CCc2nccn2C)CC1. The van der Waals surface area contributed by atoms with Crippen molar-refractivity contribution in [1.82, 2.24) is 9.55 Å². The molecule has 0 spiro atoms. The molecule has 1 aromatic rings. The molecule has 108 valence electrons. The van der Waals surface area contributed by atoms with Crippen molar-refractivity contribution >= 4 is 0 Å². The van der Waals surface area contributed by atoms with E-state index in [2.05, 4.69) is 11.9 Å². The Morgan fingerprint density at radius 3 is 2.68 bits per heavy atom. The van der Waals surface area contributed by atoms with Crippen LogP contribution in [0.3, 0.4) is 0 Å². The van der Waals surface area contributed by atoms with Gasteiger partial charge < -0.3 is 9.67 Å². The standard InChI is InChI=1S/C16H28N2O/c1-3-4-13-5-7-14(8-6-13)15(19)9-10-16-17-11-12-18(16)2/h11-15,19H,3-10H2,1-2H3. The minimum atomic E-state index is -0.140. The van der Waals surface area contributed by atoms with Gasteiger partial charge in [0.15, 0.2) is 0 Å². The van der Waals surface area contributed by atoms with Crippen LogP contribution in [0.2, 0.25) is 0 Å². The fourth-order valence-corrected chi connectivity index (χ4v) is 3.42. The third kappa shape index (κ3) is 4.07. The summed E-state index contributed by atoms with van der Waals surface area (Å²) in [6.07, 6.45) is 13.1. The van der Waals surface area contributed by atoms with E-state index in [9.17, 15) is 5.11 Å². The Bertz CT molecular complexity index is 367. The van der Waals surface area contributed by atoms with Gasteiger partial charge in [0, 0.05) is 25.9 Å². The van der Waals surface area contributed by atoms with E-state index in [1.807, 2.05) is 24.0 Å². The van der Waals surface area contributed by atoms with Gasteiger partial charge in [-0.1, -0.05) is 32.6 Å². The molecule has 1 N–H and O–H groups in total. The number of aromatic nitrogens is 2. The molecule has 0 saturated heterocycles. The highest BCUT2D eigenvalue weighted by Crippen LogP contribution is 2.34. The number of aliphatic hydroxyl groups is 1. The van der Waals surface area contributed by atoms with Crippen molar-refractivity contribution in [2.75, 3.05) is 0 Å². The van der Waals surface area contributed by atoms with E-state index in [-0.39, 0.29) is 6.10 Å². The first-order chi connectivity index (χ1) is 9.20. The second kappa shape index (κ2) is 7.09. The Balaban J connectivity index is 1.72. The first kappa shape index (κ1) is 14.6. The van der Waals surface area contributed by atoms with Gasteiger partial charge in [0.05, 0.1) is 6.10 Å². The summed E-state index contributed by atoms with van der Waals surface area (Å²) in [5, 5.41) is 10.3. The molecule has 19 heavy (non-hydrogen) atoms. The van der Waals surface area contributed by atoms with Crippen molar-refractivity contribution in [3.8, 4) is 0 Å². The fourth-order valence-electron chi connectivity index (χ4n) is 3.42. The number of hydrogen-bond donors (Lipinski definition) is 1. The summed E-state index contributed by atoms with van der Waals surface area (Å²) in [5.74, 6) is 2.52. The molecule has 3 nitrogen and oxygen atoms in total. The van der Waals surface area contributed by atoms with Crippen molar-refractivity contribution in [2.45, 2.75) is 64.4 Å². The van der Waals surface area contributed by atoms with E-state index < -0.39 is 0 Å². The normalized spacial score (nSPS) is 25.4. The highest BCUT2D eigenvalue weighted by atomic mass is 16.3. The smallest absolute Gasteiger partial charge is 0.108 e. The number of hydrogen-bond acceptors (Lipinski definition) is 2. The Hall–Kier alpha value is -0.830. The molecule has 0 aliphatic heterocycles. The Labute approximate surface area is 117 Å². The quantitative estimate of drug-likeness (QED) is 0.856. The maximum atomic E-state index is 10.3. The minimum absolute atomic E-state index is 0.140. The maximum Gasteiger partial charge on any atom is 0.108 e. The summed E-state index contributed by atoms with van der Waals surface area (Å²) in [6, 6.07) is 0. The van der Waals surface area contributed by atoms with Crippen molar-refractivity contribution in [2.24, 2.45) is 18.9 Å². The Morgan fingerprint density at radius 2 is 2.11 bits per heavy atom. The van der Waals surface area contributed by atoms with Gasteiger partial charge in [0.25, 0.3) is 0 Å². The van der Waals surface area contributed by atoms with Crippen LogP contribution in [-0.4, -0.2) is 20.8 Å². The zero-order chi connectivity index (χ0) is 13.7. The number of aliphatic hydroxyl groups excluding tert-OH is 1. The van der Waals surface area contributed by atoms with Crippen LogP contribution < -0.4 is 0 Å². The highest BCUT2D eigenvalue weighted by Gasteiger charge is 2.25. The molecule has 1 aromatic heterocycles. The van der Waals surface area contributed by atoms with Crippen LogP contribution in [0.1, 0.15) is 57.7 Å². The molecular formula is C16H28N2O. The fraction of sp³-hybridized carbons (Fsp3) is 0.812. The van der Waals surface area contributed by atoms with Crippen molar-refractivity contribution < 1.29 is 5.11 Å². The van der Waals surface area contributed by atoms with Crippen LogP contribution in [0.15, 0.2) is 12.4 Å². The van der Waals surface area contributed by atoms with E-state index in [0.717, 1.165) is 24.6 Å². The molecule has 0 amide bonds. The summed E-state index contributed by atoms with van der Waals surface area (Å²) in [5.41, 5.74) is 0. The zero-order valence-corrected chi connectivity index (χ0v) is 12.4. The van der Waals surface area contributed by atoms with Gasteiger partial charge in [-0.2, -0.15) is 0 Å². The lowest BCUT2D eigenvalue weighted by atomic mass is 9.77. The summed E-state index contributed by atoms with van der Waals surface area (Å²) in [6.45, 7) is 2.27. The largest absolute Gasteiger partial charge is 0.393 e. The topological polar surface area (TPSA) is 38.1 Å². The lowest BCUT2D eigenvalue weighted by Crippen LogP contribution is -2.26. The van der Waals surface area contributed by atoms with Crippen molar-refractivity contribution in [1.29, 1.82) is 0 Å². The Morgan fingerprint density at radius 1 is 1.37 bits per heavy atom. The number of rotatable bonds is 6. The second-order valence-corrected chi connectivity index (χ2v) is 6.13. The minimum Gasteiger partial charge on any atom is -0.393 e. The lowest BCUT2D eigenvalue weighted by molar-refractivity contribution is 0.0654. The molecule has 0 radical (unpaired) electrons. The predicted molar refractivity (Wildman–Crippen MR) is 77.9 cm³/mol. The summed E-state index contributed by atoms with van der Waals surface area (Å²) >= 11 is 0. The van der Waals surface area contributed by atoms with Gasteiger partial charge >= 0.3 is 0 Å². The average molecular weight is 264 g/mol. The van der Waals surface area contributed by atoms with Crippen LogP contribution in [-0.2, 0) is 13.5 Å². The van der Waals surface area contributed by atoms with Crippen molar-refractivity contribution in [3.63, 3.8) is 0 Å². The summed E-state index contributed by atoms with van der Waals surface area (Å²) in [4.78, 5) is 4.32. The highest BCUT2D eigenvalue weighted by molar-refractivity contribution is 4.92. The Kier molecular flexibility index (Phi) is 5.44. The molecule has 0 aromatic carbocycles. The molecule has 1 saturated carbocycles. The van der Waals surface area contributed by atoms with Crippen molar-refractivity contribution in [3.05, 3.63) is 18.2 Å². The number of imidazole rings is 1. The molecule has 1 unspecified atom stereocenters. The first-order valence-corrected chi connectivity index (χ1v) is 7.85. The zero-order valence-electron chi connectivity index (χ0n) is 12.4. The lowest BCUT2D eigenvalue weighted by Gasteiger charge is -2.31. The van der Waals surface area contributed by atoms with E-state index in [1.165, 1.54) is 38.5 Å². The second-order valence-electron chi connectivity index (χ2n) is 6.13. The molecule has 1 fully saturated rings. The van der Waals surface area contributed by atoms with Crippen LogP contribution in [0.4, 0.5) is 0 Å². The van der Waals surface area contributed by atoms with Crippen LogP contribution >= 0.6 is 0 Å². The third-order valence-corrected chi connectivity index (χ3v) is 4.72. The average Bonchev–Trinajstić information content (AvgIpc) is 2.83. The molecule has 0 bridgehead atoms. The molecule has 1 atom stereocenters. The van der Waals surface area contributed by atoms with Gasteiger partial charge in [-0.05, 0) is 31.1 Å². The van der Waals surface area contributed by atoms with E-state index in [4.69, 9.17) is 0 Å². The number of aryl methyl sites for hydroxylation is 2. The maximum absolute atomic E-state index is 10.3. The molecule has 1 heterocycles. The molecule has 2 rings (SSSR count). The molecule has 1 aliphatic carbocycles. The predicted octanol–water partition coefficient (Wildman–Crippen LogP) is 3.32.